The van der Waals surface area contributed by atoms with Gasteiger partial charge < -0.3 is 9.64 Å². The van der Waals surface area contributed by atoms with E-state index in [9.17, 15) is 14.0 Å². The van der Waals surface area contributed by atoms with Crippen molar-refractivity contribution < 1.29 is 18.7 Å². The molecule has 0 heterocycles. The summed E-state index contributed by atoms with van der Waals surface area (Å²) in [5.74, 6) is -0.400. The molecule has 30 heavy (non-hydrogen) atoms. The quantitative estimate of drug-likeness (QED) is 0.456. The van der Waals surface area contributed by atoms with Gasteiger partial charge in [-0.1, -0.05) is 31.2 Å². The molecule has 0 saturated carbocycles. The normalized spacial score (nSPS) is 12.3. The number of nitrogens with zero attached hydrogens (tertiary/aromatic N) is 1. The Hall–Kier alpha value is -3.21. The molecule has 4 nitrogen and oxygen atoms in total. The number of methoxy groups -OCH3 is 1. The smallest absolute Gasteiger partial charge is 0.258 e. The molecule has 0 unspecified atom stereocenters. The standard InChI is InChI=1S/C25H28FNO3/c1-7-19-12-13-20(21(26)15-19)18(4)24(16(2)14-17(3)28)25(29)27(5)22-10-8-9-11-23(22)30-6/h8-15H,7H2,1-6H3/b16-14-,24-18-. The van der Waals surface area contributed by atoms with E-state index in [4.69, 9.17) is 4.74 Å². The molecule has 0 fully saturated rings. The summed E-state index contributed by atoms with van der Waals surface area (Å²) < 4.78 is 20.2. The van der Waals surface area contributed by atoms with Crippen molar-refractivity contribution in [2.45, 2.75) is 34.1 Å². The Balaban J connectivity index is 2.67. The van der Waals surface area contributed by atoms with Crippen LogP contribution in [0.25, 0.3) is 5.57 Å². The van der Waals surface area contributed by atoms with Crippen molar-refractivity contribution in [2.24, 2.45) is 0 Å². The van der Waals surface area contributed by atoms with Crippen LogP contribution in [0, 0.1) is 5.82 Å². The van der Waals surface area contributed by atoms with Crippen LogP contribution in [0.1, 0.15) is 38.8 Å². The molecular formula is C25H28FNO3. The summed E-state index contributed by atoms with van der Waals surface area (Å²) in [6.07, 6.45) is 2.11. The van der Waals surface area contributed by atoms with Crippen LogP contribution in [0.5, 0.6) is 5.75 Å². The summed E-state index contributed by atoms with van der Waals surface area (Å²) in [5, 5.41) is 0. The summed E-state index contributed by atoms with van der Waals surface area (Å²) in [6.45, 7) is 6.76. The van der Waals surface area contributed by atoms with Gasteiger partial charge in [-0.3, -0.25) is 9.59 Å². The molecule has 0 bridgehead atoms. The number of anilines is 1. The second kappa shape index (κ2) is 10.0. The van der Waals surface area contributed by atoms with Gasteiger partial charge in [0.05, 0.1) is 12.8 Å². The molecular weight excluding hydrogens is 381 g/mol. The molecule has 0 spiro atoms. The van der Waals surface area contributed by atoms with Gasteiger partial charge in [-0.2, -0.15) is 0 Å². The van der Waals surface area contributed by atoms with Crippen LogP contribution >= 0.6 is 0 Å². The fraction of sp³-hybridized carbons (Fsp3) is 0.280. The first-order chi connectivity index (χ1) is 14.2. The Kier molecular flexibility index (Phi) is 7.70. The number of likely N-dealkylation sites (N-methyl/N-ethyl adjacent to an activating group) is 1. The molecule has 0 radical (unpaired) electrons. The van der Waals surface area contributed by atoms with Crippen LogP contribution in [0.15, 0.2) is 59.7 Å². The van der Waals surface area contributed by atoms with Gasteiger partial charge >= 0.3 is 0 Å². The molecule has 0 aromatic heterocycles. The molecule has 0 saturated heterocycles. The molecule has 0 N–H and O–H groups in total. The third-order valence-corrected chi connectivity index (χ3v) is 5.00. The highest BCUT2D eigenvalue weighted by molar-refractivity contribution is 6.14. The molecule has 0 aliphatic rings. The first kappa shape index (κ1) is 23.1. The van der Waals surface area contributed by atoms with Crippen LogP contribution in [0.4, 0.5) is 10.1 Å². The molecule has 5 heteroatoms. The third-order valence-electron chi connectivity index (χ3n) is 5.00. The number of hydrogen-bond donors (Lipinski definition) is 0. The van der Waals surface area contributed by atoms with Crippen molar-refractivity contribution in [1.29, 1.82) is 0 Å². The van der Waals surface area contributed by atoms with E-state index in [1.165, 1.54) is 31.1 Å². The highest BCUT2D eigenvalue weighted by atomic mass is 19.1. The Morgan fingerprint density at radius 3 is 2.33 bits per heavy atom. The predicted molar refractivity (Wildman–Crippen MR) is 119 cm³/mol. The Labute approximate surface area is 177 Å². The summed E-state index contributed by atoms with van der Waals surface area (Å²) in [6, 6.07) is 12.2. The fourth-order valence-electron chi connectivity index (χ4n) is 3.40. The van der Waals surface area contributed by atoms with Crippen molar-refractivity contribution in [3.05, 3.63) is 76.6 Å². The predicted octanol–water partition coefficient (Wildman–Crippen LogP) is 5.37. The van der Waals surface area contributed by atoms with Crippen LogP contribution in [0.3, 0.4) is 0 Å². The number of carbonyl (C=O) groups excluding carboxylic acids is 2. The zero-order chi connectivity index (χ0) is 22.4. The molecule has 0 aliphatic carbocycles. The summed E-state index contributed by atoms with van der Waals surface area (Å²) in [5.41, 5.74) is 3.01. The maximum Gasteiger partial charge on any atom is 0.258 e. The number of aryl methyl sites for hydroxylation is 1. The first-order valence-electron chi connectivity index (χ1n) is 9.81. The lowest BCUT2D eigenvalue weighted by molar-refractivity contribution is -0.114. The molecule has 1 amide bonds. The summed E-state index contributed by atoms with van der Waals surface area (Å²) in [4.78, 5) is 26.7. The van der Waals surface area contributed by atoms with Gasteiger partial charge in [0, 0.05) is 18.2 Å². The number of ketones is 1. The van der Waals surface area contributed by atoms with E-state index in [0.717, 1.165) is 5.56 Å². The lowest BCUT2D eigenvalue weighted by Crippen LogP contribution is -2.29. The van der Waals surface area contributed by atoms with Gasteiger partial charge in [0.15, 0.2) is 5.78 Å². The lowest BCUT2D eigenvalue weighted by Gasteiger charge is -2.23. The van der Waals surface area contributed by atoms with Crippen molar-refractivity contribution in [1.82, 2.24) is 0 Å². The zero-order valence-corrected chi connectivity index (χ0v) is 18.4. The van der Waals surface area contributed by atoms with E-state index < -0.39 is 5.82 Å². The van der Waals surface area contributed by atoms with Crippen molar-refractivity contribution >= 4 is 23.0 Å². The number of para-hydroxylation sites is 2. The van der Waals surface area contributed by atoms with Crippen LogP contribution < -0.4 is 9.64 Å². The van der Waals surface area contributed by atoms with Gasteiger partial charge in [-0.25, -0.2) is 4.39 Å². The van der Waals surface area contributed by atoms with E-state index in [0.29, 0.717) is 34.6 Å². The molecule has 0 atom stereocenters. The second-order valence-electron chi connectivity index (χ2n) is 7.14. The largest absolute Gasteiger partial charge is 0.495 e. The average molecular weight is 410 g/mol. The Morgan fingerprint density at radius 2 is 1.77 bits per heavy atom. The number of hydrogen-bond acceptors (Lipinski definition) is 3. The van der Waals surface area contributed by atoms with Gasteiger partial charge in [-0.05, 0) is 68.2 Å². The maximum atomic E-state index is 14.8. The topological polar surface area (TPSA) is 46.6 Å². The Bertz CT molecular complexity index is 1020. The number of benzene rings is 2. The van der Waals surface area contributed by atoms with Crippen molar-refractivity contribution in [3.63, 3.8) is 0 Å². The van der Waals surface area contributed by atoms with Gasteiger partial charge in [0.1, 0.15) is 11.6 Å². The maximum absolute atomic E-state index is 14.8. The minimum Gasteiger partial charge on any atom is -0.495 e. The summed E-state index contributed by atoms with van der Waals surface area (Å²) in [7, 11) is 3.16. The Morgan fingerprint density at radius 1 is 1.10 bits per heavy atom. The second-order valence-corrected chi connectivity index (χ2v) is 7.14. The number of rotatable bonds is 7. The molecule has 0 aliphatic heterocycles. The number of halogens is 1. The van der Waals surface area contributed by atoms with E-state index in [-0.39, 0.29) is 17.3 Å². The minimum absolute atomic E-state index is 0.188. The van der Waals surface area contributed by atoms with Crippen molar-refractivity contribution in [2.75, 3.05) is 19.1 Å². The van der Waals surface area contributed by atoms with Gasteiger partial charge in [0.2, 0.25) is 0 Å². The highest BCUT2D eigenvalue weighted by Gasteiger charge is 2.24. The zero-order valence-electron chi connectivity index (χ0n) is 18.4. The van der Waals surface area contributed by atoms with E-state index >= 15 is 0 Å². The first-order valence-corrected chi connectivity index (χ1v) is 9.81. The van der Waals surface area contributed by atoms with E-state index in [1.54, 1.807) is 45.2 Å². The number of allylic oxidation sites excluding steroid dienone is 2. The monoisotopic (exact) mass is 409 g/mol. The van der Waals surface area contributed by atoms with Crippen LogP contribution in [-0.4, -0.2) is 25.8 Å². The molecule has 2 rings (SSSR count). The minimum atomic E-state index is -0.396. The fourth-order valence-corrected chi connectivity index (χ4v) is 3.40. The number of carbonyl (C=O) groups is 2. The van der Waals surface area contributed by atoms with E-state index in [1.807, 2.05) is 19.1 Å². The molecule has 158 valence electrons. The average Bonchev–Trinajstić information content (AvgIpc) is 2.72. The van der Waals surface area contributed by atoms with Gasteiger partial charge in [-0.15, -0.1) is 0 Å². The number of ether oxygens (including phenoxy) is 1. The molecule has 2 aromatic carbocycles. The molecule has 2 aromatic rings. The van der Waals surface area contributed by atoms with Crippen LogP contribution in [0.2, 0.25) is 0 Å². The third kappa shape index (κ3) is 5.03. The van der Waals surface area contributed by atoms with E-state index in [2.05, 4.69) is 0 Å². The van der Waals surface area contributed by atoms with Crippen molar-refractivity contribution in [3.8, 4) is 5.75 Å². The van der Waals surface area contributed by atoms with Crippen LogP contribution in [-0.2, 0) is 16.0 Å². The van der Waals surface area contributed by atoms with Gasteiger partial charge in [0.25, 0.3) is 5.91 Å². The number of amides is 1. The highest BCUT2D eigenvalue weighted by Crippen LogP contribution is 2.32. The summed E-state index contributed by atoms with van der Waals surface area (Å²) >= 11 is 0. The lowest BCUT2D eigenvalue weighted by atomic mass is 9.93. The SMILES string of the molecule is CCc1ccc(/C(C)=C(C(=O)N(C)c2ccccc2OC)/C(C)=C\C(C)=O)c(F)c1.